The summed E-state index contributed by atoms with van der Waals surface area (Å²) in [6.07, 6.45) is 2.09. The van der Waals surface area contributed by atoms with Crippen LogP contribution in [0.25, 0.3) is 0 Å². The number of hydrogen-bond acceptors (Lipinski definition) is 5. The number of guanidine groups is 1. The number of rotatable bonds is 3. The first-order chi connectivity index (χ1) is 9.29. The fourth-order valence-corrected chi connectivity index (χ4v) is 1.93. The predicted molar refractivity (Wildman–Crippen MR) is 67.8 cm³/mol. The van der Waals surface area contributed by atoms with Gasteiger partial charge in [0, 0.05) is 18.7 Å². The molecule has 0 spiro atoms. The summed E-state index contributed by atoms with van der Waals surface area (Å²) in [5.41, 5.74) is 1.16. The Labute approximate surface area is 108 Å². The number of amides is 1. The molecule has 0 bridgehead atoms. The van der Waals surface area contributed by atoms with Crippen molar-refractivity contribution in [1.82, 2.24) is 5.32 Å². The van der Waals surface area contributed by atoms with E-state index in [4.69, 9.17) is 5.11 Å². The van der Waals surface area contributed by atoms with Gasteiger partial charge in [-0.15, -0.1) is 0 Å². The minimum absolute atomic E-state index is 0.0623. The first-order valence-corrected chi connectivity index (χ1v) is 5.89. The van der Waals surface area contributed by atoms with Gasteiger partial charge in [-0.1, -0.05) is 0 Å². The molecule has 0 radical (unpaired) electrons. The zero-order chi connectivity index (χ0) is 13.2. The molecule has 0 aliphatic carbocycles. The largest absolute Gasteiger partial charge is 0.396 e. The highest BCUT2D eigenvalue weighted by Gasteiger charge is 2.21. The molecule has 0 saturated heterocycles. The number of carbonyl (C=O) groups is 1. The summed E-state index contributed by atoms with van der Waals surface area (Å²) in [4.78, 5) is 20.5. The molecule has 3 rings (SSSR count). The van der Waals surface area contributed by atoms with E-state index in [1.54, 1.807) is 18.3 Å². The van der Waals surface area contributed by atoms with Crippen molar-refractivity contribution in [2.24, 2.45) is 20.2 Å². The Morgan fingerprint density at radius 3 is 3.00 bits per heavy atom. The van der Waals surface area contributed by atoms with E-state index in [2.05, 4.69) is 25.5 Å². The van der Waals surface area contributed by atoms with Crippen molar-refractivity contribution < 1.29 is 9.90 Å². The fourth-order valence-electron chi connectivity index (χ4n) is 1.93. The second-order valence-corrected chi connectivity index (χ2v) is 4.09. The molecular weight excluding hydrogens is 246 g/mol. The van der Waals surface area contributed by atoms with Gasteiger partial charge in [-0.3, -0.25) is 15.1 Å². The topological polar surface area (TPSA) is 98.8 Å². The van der Waals surface area contributed by atoms with Crippen LogP contribution in [0.1, 0.15) is 22.3 Å². The zero-order valence-corrected chi connectivity index (χ0v) is 10.00. The number of aliphatic hydroxyl groups is 1. The molecule has 2 aliphatic heterocycles. The standard InChI is InChI=1S/C12H11N5O2/c18-5-1-4-13-12-15-9-3-2-8-7(6-14-17-8)10(9)11(19)16-12/h2-3,6,18H,1,4-5H2,(H,13,16,19). The Morgan fingerprint density at radius 2 is 2.16 bits per heavy atom. The molecule has 0 unspecified atom stereocenters. The third-order valence-electron chi connectivity index (χ3n) is 2.81. The van der Waals surface area contributed by atoms with Crippen LogP contribution in [0.5, 0.6) is 0 Å². The number of carbonyl (C=O) groups excluding carboxylic acids is 1. The SMILES string of the molecule is O=C1NC(=NCCCO)N=c2ccc3c(c21)C=NN=3. The monoisotopic (exact) mass is 257 g/mol. The number of hydrogen-bond donors (Lipinski definition) is 2. The average Bonchev–Trinajstić information content (AvgIpc) is 2.86. The van der Waals surface area contributed by atoms with Crippen LogP contribution in [0.2, 0.25) is 0 Å². The Balaban J connectivity index is 2.07. The van der Waals surface area contributed by atoms with Gasteiger partial charge in [0.05, 0.1) is 22.5 Å². The maximum absolute atomic E-state index is 12.1. The summed E-state index contributed by atoms with van der Waals surface area (Å²) in [6.45, 7) is 0.486. The van der Waals surface area contributed by atoms with E-state index < -0.39 is 0 Å². The first kappa shape index (κ1) is 11.7. The van der Waals surface area contributed by atoms with Crippen molar-refractivity contribution in [3.05, 3.63) is 34.0 Å². The highest BCUT2D eigenvalue weighted by atomic mass is 16.3. The third-order valence-corrected chi connectivity index (χ3v) is 2.81. The highest BCUT2D eigenvalue weighted by Crippen LogP contribution is 2.03. The van der Waals surface area contributed by atoms with Gasteiger partial charge in [0.15, 0.2) is 0 Å². The van der Waals surface area contributed by atoms with Gasteiger partial charge < -0.3 is 5.11 Å². The van der Waals surface area contributed by atoms with Gasteiger partial charge in [0.25, 0.3) is 5.91 Å². The molecule has 1 aromatic rings. The Hall–Kier alpha value is -2.41. The van der Waals surface area contributed by atoms with Gasteiger partial charge in [-0.25, -0.2) is 4.99 Å². The van der Waals surface area contributed by atoms with E-state index in [1.807, 2.05) is 0 Å². The van der Waals surface area contributed by atoms with Crippen LogP contribution >= 0.6 is 0 Å². The molecule has 7 nitrogen and oxygen atoms in total. The molecule has 7 heteroatoms. The van der Waals surface area contributed by atoms with Crippen LogP contribution in [0, 0.1) is 0 Å². The molecule has 0 aromatic heterocycles. The molecule has 0 fully saturated rings. The van der Waals surface area contributed by atoms with Gasteiger partial charge in [-0.05, 0) is 18.6 Å². The first-order valence-electron chi connectivity index (χ1n) is 5.89. The molecule has 19 heavy (non-hydrogen) atoms. The number of benzene rings is 1. The molecule has 96 valence electrons. The minimum atomic E-state index is -0.256. The molecule has 2 heterocycles. The molecule has 1 aromatic carbocycles. The van der Waals surface area contributed by atoms with Crippen LogP contribution in [-0.2, 0) is 0 Å². The van der Waals surface area contributed by atoms with Crippen molar-refractivity contribution in [1.29, 1.82) is 0 Å². The van der Waals surface area contributed by atoms with Crippen LogP contribution < -0.4 is 16.0 Å². The van der Waals surface area contributed by atoms with E-state index in [0.29, 0.717) is 34.8 Å². The van der Waals surface area contributed by atoms with Gasteiger partial charge >= 0.3 is 0 Å². The normalized spacial score (nSPS) is 17.5. The van der Waals surface area contributed by atoms with Crippen molar-refractivity contribution in [2.75, 3.05) is 13.2 Å². The van der Waals surface area contributed by atoms with E-state index in [9.17, 15) is 4.79 Å². The van der Waals surface area contributed by atoms with Gasteiger partial charge in [0.2, 0.25) is 5.96 Å². The number of aliphatic imine (C=N–C) groups is 1. The highest BCUT2D eigenvalue weighted by molar-refractivity contribution is 6.11. The Kier molecular flexibility index (Phi) is 2.88. The summed E-state index contributed by atoms with van der Waals surface area (Å²) in [7, 11) is 0. The zero-order valence-electron chi connectivity index (χ0n) is 10.00. The maximum atomic E-state index is 12.1. The van der Waals surface area contributed by atoms with Crippen molar-refractivity contribution in [3.63, 3.8) is 0 Å². The van der Waals surface area contributed by atoms with Crippen molar-refractivity contribution in [2.45, 2.75) is 6.42 Å². The van der Waals surface area contributed by atoms with Crippen LogP contribution in [0.4, 0.5) is 0 Å². The molecule has 0 atom stereocenters. The number of nitrogens with one attached hydrogen (secondary N) is 1. The van der Waals surface area contributed by atoms with Crippen molar-refractivity contribution in [3.8, 4) is 0 Å². The molecule has 2 N–H and O–H groups in total. The smallest absolute Gasteiger partial charge is 0.260 e. The maximum Gasteiger partial charge on any atom is 0.260 e. The Bertz CT molecular complexity index is 720. The average molecular weight is 257 g/mol. The van der Waals surface area contributed by atoms with Crippen LogP contribution in [-0.4, -0.2) is 36.3 Å². The van der Waals surface area contributed by atoms with Crippen LogP contribution in [0.3, 0.4) is 0 Å². The van der Waals surface area contributed by atoms with Crippen LogP contribution in [0.15, 0.2) is 32.3 Å². The van der Waals surface area contributed by atoms with E-state index in [1.165, 1.54) is 0 Å². The molecule has 0 saturated carbocycles. The number of nitrogens with zero attached hydrogens (tertiary/aromatic N) is 4. The summed E-state index contributed by atoms with van der Waals surface area (Å²) in [5, 5.41) is 20.3. The van der Waals surface area contributed by atoms with Gasteiger partial charge in [0.1, 0.15) is 0 Å². The second-order valence-electron chi connectivity index (χ2n) is 4.09. The third kappa shape index (κ3) is 2.04. The van der Waals surface area contributed by atoms with Gasteiger partial charge in [-0.2, -0.15) is 10.2 Å². The van der Waals surface area contributed by atoms with E-state index in [0.717, 1.165) is 0 Å². The molecular formula is C12H11N5O2. The lowest BCUT2D eigenvalue weighted by Crippen LogP contribution is -2.41. The van der Waals surface area contributed by atoms with E-state index in [-0.39, 0.29) is 18.5 Å². The molecule has 2 aliphatic rings. The summed E-state index contributed by atoms with van der Waals surface area (Å²) in [5.74, 6) is 0.0194. The van der Waals surface area contributed by atoms with Crippen molar-refractivity contribution >= 4 is 18.1 Å². The minimum Gasteiger partial charge on any atom is -0.396 e. The lowest BCUT2D eigenvalue weighted by molar-refractivity contribution is 0.0972. The molecule has 1 amide bonds. The second kappa shape index (κ2) is 4.69. The quantitative estimate of drug-likeness (QED) is 0.662. The predicted octanol–water partition coefficient (Wildman–Crippen LogP) is -1.24. The number of fused-ring (bicyclic) bond motifs is 3. The fraction of sp³-hybridized carbons (Fsp3) is 0.250. The Morgan fingerprint density at radius 1 is 1.32 bits per heavy atom. The summed E-state index contributed by atoms with van der Waals surface area (Å²) in [6, 6.07) is 3.50. The summed E-state index contributed by atoms with van der Waals surface area (Å²) < 4.78 is 0. The lowest BCUT2D eigenvalue weighted by Gasteiger charge is -2.12. The number of aliphatic hydroxyl groups excluding tert-OH is 1. The summed E-state index contributed by atoms with van der Waals surface area (Å²) >= 11 is 0. The van der Waals surface area contributed by atoms with E-state index >= 15 is 0 Å². The lowest BCUT2D eigenvalue weighted by atomic mass is 10.1.